The highest BCUT2D eigenvalue weighted by Gasteiger charge is 2.61. The lowest BCUT2D eigenvalue weighted by Crippen LogP contribution is -2.77. The zero-order chi connectivity index (χ0) is 18.9. The summed E-state index contributed by atoms with van der Waals surface area (Å²) < 4.78 is 0. The van der Waals surface area contributed by atoms with Gasteiger partial charge in [-0.25, -0.2) is 0 Å². The van der Waals surface area contributed by atoms with Gasteiger partial charge in [0.1, 0.15) is 11.6 Å². The van der Waals surface area contributed by atoms with Gasteiger partial charge in [-0.1, -0.05) is 30.3 Å². The highest BCUT2D eigenvalue weighted by atomic mass is 16.3. The van der Waals surface area contributed by atoms with Crippen LogP contribution in [0.25, 0.3) is 0 Å². The van der Waals surface area contributed by atoms with Gasteiger partial charge in [0.2, 0.25) is 11.8 Å². The van der Waals surface area contributed by atoms with E-state index in [4.69, 9.17) is 0 Å². The molecule has 0 aliphatic carbocycles. The number of aliphatic hydroxyl groups excluding tert-OH is 1. The van der Waals surface area contributed by atoms with Crippen LogP contribution in [0.3, 0.4) is 0 Å². The number of rotatable bonds is 5. The predicted octanol–water partition coefficient (Wildman–Crippen LogP) is 0.276. The second-order valence-corrected chi connectivity index (χ2v) is 7.13. The first-order chi connectivity index (χ1) is 12.4. The second kappa shape index (κ2) is 7.07. The van der Waals surface area contributed by atoms with Crippen LogP contribution in [-0.2, 0) is 20.9 Å². The first-order valence-electron chi connectivity index (χ1n) is 8.96. The third kappa shape index (κ3) is 3.07. The van der Waals surface area contributed by atoms with Gasteiger partial charge in [-0.15, -0.1) is 0 Å². The van der Waals surface area contributed by atoms with Crippen molar-refractivity contribution in [1.82, 2.24) is 15.1 Å². The average molecular weight is 359 g/mol. The normalized spacial score (nSPS) is 24.3. The minimum absolute atomic E-state index is 0.127. The smallest absolute Gasteiger partial charge is 0.251 e. The SMILES string of the molecule is CC(=O)N1CCCC12CN([C@H](C(=O)NCc1ccccc1)[C@@H](C)O)C2=O. The zero-order valence-electron chi connectivity index (χ0n) is 15.1. The zero-order valence-corrected chi connectivity index (χ0v) is 15.1. The van der Waals surface area contributed by atoms with Gasteiger partial charge in [0.05, 0.1) is 12.6 Å². The van der Waals surface area contributed by atoms with Crippen LogP contribution in [0.4, 0.5) is 0 Å². The standard InChI is InChI=1S/C19H25N3O4/c1-13(23)16(17(25)20-11-15-7-4-3-5-8-15)21-12-19(18(21)26)9-6-10-22(19)14(2)24/h3-5,7-8,13,16,23H,6,9-12H2,1-2H3,(H,20,25)/t13-,16+,19?/m1/s1. The van der Waals surface area contributed by atoms with Crippen LogP contribution in [-0.4, -0.2) is 63.4 Å². The highest BCUT2D eigenvalue weighted by molar-refractivity contribution is 6.00. The third-order valence-corrected chi connectivity index (χ3v) is 5.33. The Labute approximate surface area is 153 Å². The Balaban J connectivity index is 1.68. The molecule has 1 aromatic rings. The summed E-state index contributed by atoms with van der Waals surface area (Å²) in [6, 6.07) is 8.49. The molecule has 3 rings (SSSR count). The molecule has 0 saturated carbocycles. The summed E-state index contributed by atoms with van der Waals surface area (Å²) in [7, 11) is 0. The van der Waals surface area contributed by atoms with Crippen molar-refractivity contribution in [3.63, 3.8) is 0 Å². The molecule has 3 amide bonds. The van der Waals surface area contributed by atoms with Crippen molar-refractivity contribution in [2.45, 2.75) is 50.9 Å². The molecule has 0 radical (unpaired) electrons. The van der Waals surface area contributed by atoms with E-state index in [-0.39, 0.29) is 17.7 Å². The van der Waals surface area contributed by atoms with E-state index in [0.717, 1.165) is 12.0 Å². The number of carbonyl (C=O) groups excluding carboxylic acids is 3. The number of hydrogen-bond donors (Lipinski definition) is 2. The van der Waals surface area contributed by atoms with Gasteiger partial charge in [-0.3, -0.25) is 14.4 Å². The lowest BCUT2D eigenvalue weighted by molar-refractivity contribution is -0.176. The number of hydrogen-bond acceptors (Lipinski definition) is 4. The van der Waals surface area contributed by atoms with Crippen LogP contribution < -0.4 is 5.32 Å². The summed E-state index contributed by atoms with van der Waals surface area (Å²) >= 11 is 0. The van der Waals surface area contributed by atoms with Crippen LogP contribution in [0.1, 0.15) is 32.3 Å². The van der Waals surface area contributed by atoms with E-state index in [1.54, 1.807) is 4.90 Å². The van der Waals surface area contributed by atoms with Gasteiger partial charge in [0.15, 0.2) is 0 Å². The summed E-state index contributed by atoms with van der Waals surface area (Å²) in [5, 5.41) is 12.9. The predicted molar refractivity (Wildman–Crippen MR) is 94.8 cm³/mol. The van der Waals surface area contributed by atoms with Gasteiger partial charge >= 0.3 is 0 Å². The molecule has 7 nitrogen and oxygen atoms in total. The Morgan fingerprint density at radius 1 is 1.31 bits per heavy atom. The first kappa shape index (κ1) is 18.4. The molecule has 2 aliphatic rings. The van der Waals surface area contributed by atoms with Gasteiger partial charge < -0.3 is 20.2 Å². The van der Waals surface area contributed by atoms with Crippen molar-refractivity contribution >= 4 is 17.7 Å². The quantitative estimate of drug-likeness (QED) is 0.739. The number of likely N-dealkylation sites (tertiary alicyclic amines) is 2. The minimum atomic E-state index is -1.00. The lowest BCUT2D eigenvalue weighted by Gasteiger charge is -2.53. The van der Waals surface area contributed by atoms with E-state index >= 15 is 0 Å². The van der Waals surface area contributed by atoms with E-state index < -0.39 is 17.7 Å². The number of benzene rings is 1. The maximum atomic E-state index is 12.9. The molecule has 3 atom stereocenters. The molecular weight excluding hydrogens is 334 g/mol. The monoisotopic (exact) mass is 359 g/mol. The lowest BCUT2D eigenvalue weighted by atomic mass is 9.83. The molecule has 2 fully saturated rings. The molecule has 2 heterocycles. The van der Waals surface area contributed by atoms with E-state index in [1.807, 2.05) is 30.3 Å². The van der Waals surface area contributed by atoms with E-state index in [1.165, 1.54) is 18.7 Å². The molecule has 1 unspecified atom stereocenters. The number of carbonyl (C=O) groups is 3. The molecule has 1 aromatic carbocycles. The Kier molecular flexibility index (Phi) is 5.00. The highest BCUT2D eigenvalue weighted by Crippen LogP contribution is 2.40. The maximum absolute atomic E-state index is 12.9. The van der Waals surface area contributed by atoms with Crippen molar-refractivity contribution in [1.29, 1.82) is 0 Å². The van der Waals surface area contributed by atoms with Crippen LogP contribution in [0.2, 0.25) is 0 Å². The number of amides is 3. The van der Waals surface area contributed by atoms with Crippen molar-refractivity contribution in [2.75, 3.05) is 13.1 Å². The Bertz CT molecular complexity index is 706. The Hall–Kier alpha value is -2.41. The van der Waals surface area contributed by atoms with E-state index in [0.29, 0.717) is 26.1 Å². The molecular formula is C19H25N3O4. The second-order valence-electron chi connectivity index (χ2n) is 7.13. The topological polar surface area (TPSA) is 90.0 Å². The fourth-order valence-electron chi connectivity index (χ4n) is 4.06. The fourth-order valence-corrected chi connectivity index (χ4v) is 4.06. The van der Waals surface area contributed by atoms with Crippen LogP contribution in [0, 0.1) is 0 Å². The average Bonchev–Trinajstić information content (AvgIpc) is 3.07. The largest absolute Gasteiger partial charge is 0.391 e. The summed E-state index contributed by atoms with van der Waals surface area (Å²) in [6.07, 6.45) is 0.387. The van der Waals surface area contributed by atoms with E-state index in [2.05, 4.69) is 5.32 Å². The number of nitrogens with one attached hydrogen (secondary N) is 1. The van der Waals surface area contributed by atoms with Gasteiger partial charge in [-0.2, -0.15) is 0 Å². The van der Waals surface area contributed by atoms with Crippen molar-refractivity contribution in [2.24, 2.45) is 0 Å². The Morgan fingerprint density at radius 2 is 2.00 bits per heavy atom. The van der Waals surface area contributed by atoms with Crippen LogP contribution >= 0.6 is 0 Å². The minimum Gasteiger partial charge on any atom is -0.391 e. The first-order valence-corrected chi connectivity index (χ1v) is 8.96. The van der Waals surface area contributed by atoms with Crippen molar-refractivity contribution in [3.05, 3.63) is 35.9 Å². The summed E-state index contributed by atoms with van der Waals surface area (Å²) in [4.78, 5) is 40.3. The molecule has 26 heavy (non-hydrogen) atoms. The molecule has 0 bridgehead atoms. The molecule has 140 valence electrons. The van der Waals surface area contributed by atoms with Gasteiger partial charge in [-0.05, 0) is 25.3 Å². The van der Waals surface area contributed by atoms with Crippen molar-refractivity contribution < 1.29 is 19.5 Å². The molecule has 2 aliphatic heterocycles. The van der Waals surface area contributed by atoms with Gasteiger partial charge in [0.25, 0.3) is 5.91 Å². The fraction of sp³-hybridized carbons (Fsp3) is 0.526. The number of nitrogens with zero attached hydrogens (tertiary/aromatic N) is 2. The summed E-state index contributed by atoms with van der Waals surface area (Å²) in [5.41, 5.74) is 0.119. The van der Waals surface area contributed by atoms with Gasteiger partial charge in [0, 0.05) is 20.0 Å². The molecule has 0 aromatic heterocycles. The van der Waals surface area contributed by atoms with Crippen LogP contribution in [0.5, 0.6) is 0 Å². The molecule has 1 spiro atoms. The molecule has 7 heteroatoms. The summed E-state index contributed by atoms with van der Waals surface area (Å²) in [5.74, 6) is -0.761. The van der Waals surface area contributed by atoms with Crippen molar-refractivity contribution in [3.8, 4) is 0 Å². The number of aliphatic hydroxyl groups is 1. The molecule has 2 N–H and O–H groups in total. The third-order valence-electron chi connectivity index (χ3n) is 5.33. The maximum Gasteiger partial charge on any atom is 0.251 e. The molecule has 2 saturated heterocycles. The van der Waals surface area contributed by atoms with Crippen LogP contribution in [0.15, 0.2) is 30.3 Å². The number of β-lactam (4-membered cyclic amide) rings is 1. The Morgan fingerprint density at radius 3 is 2.58 bits per heavy atom. The summed E-state index contributed by atoms with van der Waals surface area (Å²) in [6.45, 7) is 4.15. The van der Waals surface area contributed by atoms with E-state index in [9.17, 15) is 19.5 Å².